The minimum atomic E-state index is -0.0979. The number of rotatable bonds is 3. The van der Waals surface area contributed by atoms with E-state index in [9.17, 15) is 0 Å². The molecule has 4 rings (SSSR count). The second kappa shape index (κ2) is 7.79. The van der Waals surface area contributed by atoms with E-state index in [0.717, 1.165) is 11.1 Å². The molecule has 1 aliphatic rings. The molecule has 0 radical (unpaired) electrons. The van der Waals surface area contributed by atoms with Gasteiger partial charge in [0.25, 0.3) is 0 Å². The number of amidine groups is 1. The van der Waals surface area contributed by atoms with Gasteiger partial charge in [0.2, 0.25) is 0 Å². The lowest BCUT2D eigenvalue weighted by molar-refractivity contribution is 0.333. The number of nitrogens with one attached hydrogen (secondary N) is 1. The molecule has 0 unspecified atom stereocenters. The highest BCUT2D eigenvalue weighted by atomic mass is 35.5. The van der Waals surface area contributed by atoms with Crippen molar-refractivity contribution in [3.8, 4) is 11.3 Å². The van der Waals surface area contributed by atoms with Crippen molar-refractivity contribution < 1.29 is 4.42 Å². The van der Waals surface area contributed by atoms with Crippen LogP contribution in [0.15, 0.2) is 64.2 Å². The number of nitrogens with two attached hydrogens (primary N) is 1. The zero-order chi connectivity index (χ0) is 19.7. The molecule has 2 aromatic carbocycles. The van der Waals surface area contributed by atoms with Gasteiger partial charge in [0.15, 0.2) is 5.11 Å². The standard InChI is InChI=1S/C19H15Cl2N5OS/c20-13-5-1-11(2-6-13)15-10-27-19(23-15)24-17-9-16(26(25-17)18(22)28)12-3-7-14(21)8-4-12/h1-8,10,16H,9H2,(H2,22,28)(H,23,24,25)/t16-/m1/s1. The molecule has 1 aromatic heterocycles. The van der Waals surface area contributed by atoms with Crippen LogP contribution >= 0.6 is 35.4 Å². The molecular weight excluding hydrogens is 417 g/mol. The van der Waals surface area contributed by atoms with Crippen LogP contribution in [0.4, 0.5) is 6.01 Å². The third-order valence-electron chi connectivity index (χ3n) is 4.30. The van der Waals surface area contributed by atoms with E-state index in [2.05, 4.69) is 15.4 Å². The normalized spacial score (nSPS) is 17.7. The first-order valence-corrected chi connectivity index (χ1v) is 9.56. The van der Waals surface area contributed by atoms with Gasteiger partial charge in [0, 0.05) is 22.0 Å². The SMILES string of the molecule is NC(=S)N1N/C(=N\c2nc(-c3ccc(Cl)cc3)co2)C[C@@H]1c1ccc(Cl)cc1. The number of hydrazine groups is 1. The average molecular weight is 432 g/mol. The van der Waals surface area contributed by atoms with Gasteiger partial charge in [-0.3, -0.25) is 10.4 Å². The van der Waals surface area contributed by atoms with Gasteiger partial charge < -0.3 is 10.2 Å². The largest absolute Gasteiger partial charge is 0.430 e. The van der Waals surface area contributed by atoms with E-state index < -0.39 is 0 Å². The van der Waals surface area contributed by atoms with E-state index in [1.807, 2.05) is 36.4 Å². The Morgan fingerprint density at radius 3 is 2.43 bits per heavy atom. The van der Waals surface area contributed by atoms with Crippen molar-refractivity contribution in [3.63, 3.8) is 0 Å². The number of thiocarbonyl (C=S) groups is 1. The Morgan fingerprint density at radius 2 is 1.79 bits per heavy atom. The van der Waals surface area contributed by atoms with E-state index in [0.29, 0.717) is 28.0 Å². The van der Waals surface area contributed by atoms with E-state index in [4.69, 9.17) is 45.6 Å². The van der Waals surface area contributed by atoms with Gasteiger partial charge in [0.05, 0.1) is 6.04 Å². The van der Waals surface area contributed by atoms with Crippen LogP contribution < -0.4 is 11.2 Å². The Balaban J connectivity index is 1.57. The van der Waals surface area contributed by atoms with Crippen molar-refractivity contribution in [1.82, 2.24) is 15.4 Å². The van der Waals surface area contributed by atoms with Gasteiger partial charge in [-0.25, -0.2) is 0 Å². The molecule has 1 fully saturated rings. The number of halogens is 2. The fraction of sp³-hybridized carbons (Fsp3) is 0.105. The highest BCUT2D eigenvalue weighted by Crippen LogP contribution is 2.30. The molecule has 28 heavy (non-hydrogen) atoms. The molecule has 1 atom stereocenters. The maximum Gasteiger partial charge on any atom is 0.323 e. The molecule has 0 aliphatic carbocycles. The van der Waals surface area contributed by atoms with Crippen LogP contribution in [-0.2, 0) is 0 Å². The number of oxazole rings is 1. The number of hydrogen-bond donors (Lipinski definition) is 2. The van der Waals surface area contributed by atoms with Gasteiger partial charge in [-0.15, -0.1) is 0 Å². The average Bonchev–Trinajstić information content (AvgIpc) is 3.31. The van der Waals surface area contributed by atoms with Crippen LogP contribution in [0.5, 0.6) is 0 Å². The first-order valence-electron chi connectivity index (χ1n) is 8.39. The van der Waals surface area contributed by atoms with E-state index >= 15 is 0 Å². The van der Waals surface area contributed by atoms with Crippen LogP contribution in [-0.4, -0.2) is 20.9 Å². The summed E-state index contributed by atoms with van der Waals surface area (Å²) in [6.07, 6.45) is 2.12. The van der Waals surface area contributed by atoms with Crippen molar-refractivity contribution in [1.29, 1.82) is 0 Å². The Labute approximate surface area is 176 Å². The summed E-state index contributed by atoms with van der Waals surface area (Å²) in [5.41, 5.74) is 11.6. The summed E-state index contributed by atoms with van der Waals surface area (Å²) in [6.45, 7) is 0. The fourth-order valence-electron chi connectivity index (χ4n) is 2.95. The molecule has 1 aliphatic heterocycles. The van der Waals surface area contributed by atoms with Crippen molar-refractivity contribution in [2.45, 2.75) is 12.5 Å². The first-order chi connectivity index (χ1) is 13.5. The first kappa shape index (κ1) is 18.7. The molecule has 0 spiro atoms. The lowest BCUT2D eigenvalue weighted by atomic mass is 10.0. The summed E-state index contributed by atoms with van der Waals surface area (Å²) in [5.74, 6) is 0.650. The van der Waals surface area contributed by atoms with Crippen LogP contribution in [0.25, 0.3) is 11.3 Å². The lowest BCUT2D eigenvalue weighted by Crippen LogP contribution is -2.43. The fourth-order valence-corrected chi connectivity index (χ4v) is 3.38. The van der Waals surface area contributed by atoms with Crippen LogP contribution in [0, 0.1) is 0 Å². The smallest absolute Gasteiger partial charge is 0.323 e. The van der Waals surface area contributed by atoms with Gasteiger partial charge in [-0.1, -0.05) is 47.5 Å². The summed E-state index contributed by atoms with van der Waals surface area (Å²) >= 11 is 17.1. The molecule has 0 amide bonds. The van der Waals surface area contributed by atoms with Crippen molar-refractivity contribution in [3.05, 3.63) is 70.4 Å². The minimum Gasteiger partial charge on any atom is -0.430 e. The van der Waals surface area contributed by atoms with Gasteiger partial charge in [-0.05, 0) is 42.0 Å². The predicted molar refractivity (Wildman–Crippen MR) is 115 cm³/mol. The molecule has 0 saturated carbocycles. The van der Waals surface area contributed by atoms with Crippen molar-refractivity contribution in [2.24, 2.45) is 10.7 Å². The maximum atomic E-state index is 5.98. The topological polar surface area (TPSA) is 79.7 Å². The molecule has 3 aromatic rings. The van der Waals surface area contributed by atoms with E-state index in [1.165, 1.54) is 0 Å². The predicted octanol–water partition coefficient (Wildman–Crippen LogP) is 4.87. The quantitative estimate of drug-likeness (QED) is 0.575. The zero-order valence-electron chi connectivity index (χ0n) is 14.5. The van der Waals surface area contributed by atoms with Gasteiger partial charge in [-0.2, -0.15) is 9.98 Å². The van der Waals surface area contributed by atoms with Crippen molar-refractivity contribution >= 4 is 52.4 Å². The monoisotopic (exact) mass is 431 g/mol. The second-order valence-electron chi connectivity index (χ2n) is 6.17. The van der Waals surface area contributed by atoms with Gasteiger partial charge >= 0.3 is 6.01 Å². The molecule has 0 bridgehead atoms. The second-order valence-corrected chi connectivity index (χ2v) is 7.46. The molecule has 3 N–H and O–H groups in total. The highest BCUT2D eigenvalue weighted by molar-refractivity contribution is 7.80. The zero-order valence-corrected chi connectivity index (χ0v) is 16.8. The third-order valence-corrected chi connectivity index (χ3v) is 5.00. The number of aromatic nitrogens is 1. The van der Waals surface area contributed by atoms with Gasteiger partial charge in [0.1, 0.15) is 17.8 Å². The molecular formula is C19H15Cl2N5OS. The Kier molecular flexibility index (Phi) is 5.21. The minimum absolute atomic E-state index is 0.0979. The number of aliphatic imine (C=N–C) groups is 1. The van der Waals surface area contributed by atoms with Crippen LogP contribution in [0.2, 0.25) is 10.0 Å². The van der Waals surface area contributed by atoms with Crippen molar-refractivity contribution in [2.75, 3.05) is 0 Å². The number of hydrogen-bond acceptors (Lipinski definition) is 4. The molecule has 142 valence electrons. The maximum absolute atomic E-state index is 5.98. The Hall–Kier alpha value is -2.61. The van der Waals surface area contributed by atoms with Crippen LogP contribution in [0.3, 0.4) is 0 Å². The lowest BCUT2D eigenvalue weighted by Gasteiger charge is -2.23. The summed E-state index contributed by atoms with van der Waals surface area (Å²) in [6, 6.07) is 15.0. The number of nitrogens with zero attached hydrogens (tertiary/aromatic N) is 3. The molecule has 9 heteroatoms. The Bertz CT molecular complexity index is 1030. The Morgan fingerprint density at radius 1 is 1.14 bits per heavy atom. The summed E-state index contributed by atoms with van der Waals surface area (Å²) < 4.78 is 5.49. The van der Waals surface area contributed by atoms with Crippen LogP contribution in [0.1, 0.15) is 18.0 Å². The molecule has 2 heterocycles. The summed E-state index contributed by atoms with van der Waals surface area (Å²) in [7, 11) is 0. The molecule has 6 nitrogen and oxygen atoms in total. The number of benzene rings is 2. The van der Waals surface area contributed by atoms with E-state index in [-0.39, 0.29) is 17.2 Å². The molecule has 1 saturated heterocycles. The van der Waals surface area contributed by atoms with E-state index in [1.54, 1.807) is 23.4 Å². The summed E-state index contributed by atoms with van der Waals surface area (Å²) in [4.78, 5) is 8.88. The summed E-state index contributed by atoms with van der Waals surface area (Å²) in [5, 5.41) is 3.24. The highest BCUT2D eigenvalue weighted by Gasteiger charge is 2.31. The third kappa shape index (κ3) is 3.96.